The highest BCUT2D eigenvalue weighted by molar-refractivity contribution is 5.81. The summed E-state index contributed by atoms with van der Waals surface area (Å²) in [4.78, 5) is 28.2. The standard InChI is InChI=1S/C15H23NO4/c1-7-12(17)19-11-9-14(3,4)16(15(5,6)10-11)20-13(18)8-2/h7-8,11H,1-2,9-10H2,3-6H3. The maximum Gasteiger partial charge on any atom is 0.349 e. The summed E-state index contributed by atoms with van der Waals surface area (Å²) in [6, 6.07) is 0. The number of rotatable bonds is 4. The fourth-order valence-electron chi connectivity index (χ4n) is 2.84. The Kier molecular flexibility index (Phi) is 4.76. The van der Waals surface area contributed by atoms with Gasteiger partial charge in [-0.1, -0.05) is 13.2 Å². The highest BCUT2D eigenvalue weighted by atomic mass is 16.7. The highest BCUT2D eigenvalue weighted by Crippen LogP contribution is 2.39. The Morgan fingerprint density at radius 2 is 1.50 bits per heavy atom. The first-order valence-electron chi connectivity index (χ1n) is 6.60. The van der Waals surface area contributed by atoms with Gasteiger partial charge in [0.1, 0.15) is 6.10 Å². The predicted octanol–water partition coefficient (Wildman–Crippen LogP) is 2.38. The van der Waals surface area contributed by atoms with E-state index in [9.17, 15) is 9.59 Å². The third-order valence-electron chi connectivity index (χ3n) is 3.35. The number of nitrogens with zero attached hydrogens (tertiary/aromatic N) is 1. The van der Waals surface area contributed by atoms with Gasteiger partial charge in [-0.3, -0.25) is 0 Å². The van der Waals surface area contributed by atoms with Crippen molar-refractivity contribution in [3.8, 4) is 0 Å². The lowest BCUT2D eigenvalue weighted by molar-refractivity contribution is -0.273. The van der Waals surface area contributed by atoms with E-state index in [1.54, 1.807) is 5.06 Å². The van der Waals surface area contributed by atoms with Crippen molar-refractivity contribution >= 4 is 11.9 Å². The molecule has 1 saturated heterocycles. The minimum Gasteiger partial charge on any atom is -0.459 e. The van der Waals surface area contributed by atoms with Crippen LogP contribution in [-0.2, 0) is 19.2 Å². The van der Waals surface area contributed by atoms with Gasteiger partial charge in [0.05, 0.1) is 11.1 Å². The Morgan fingerprint density at radius 3 is 1.90 bits per heavy atom. The van der Waals surface area contributed by atoms with Crippen molar-refractivity contribution in [2.45, 2.75) is 57.7 Å². The molecular weight excluding hydrogens is 258 g/mol. The van der Waals surface area contributed by atoms with Gasteiger partial charge in [-0.25, -0.2) is 9.59 Å². The zero-order valence-electron chi connectivity index (χ0n) is 12.6. The second kappa shape index (κ2) is 5.79. The van der Waals surface area contributed by atoms with E-state index in [4.69, 9.17) is 9.57 Å². The van der Waals surface area contributed by atoms with Crippen LogP contribution in [0.4, 0.5) is 0 Å². The normalized spacial score (nSPS) is 21.8. The van der Waals surface area contributed by atoms with Crippen LogP contribution in [0, 0.1) is 0 Å². The summed E-state index contributed by atoms with van der Waals surface area (Å²) in [6.07, 6.45) is 3.20. The minimum atomic E-state index is -0.493. The molecule has 1 aliphatic heterocycles. The molecule has 0 radical (unpaired) electrons. The Balaban J connectivity index is 2.91. The topological polar surface area (TPSA) is 55.8 Å². The van der Waals surface area contributed by atoms with E-state index in [0.29, 0.717) is 12.8 Å². The number of esters is 1. The molecule has 0 atom stereocenters. The second-order valence-electron chi connectivity index (χ2n) is 6.20. The Labute approximate surface area is 120 Å². The van der Waals surface area contributed by atoms with E-state index in [2.05, 4.69) is 13.2 Å². The molecule has 1 fully saturated rings. The number of carbonyl (C=O) groups excluding carboxylic acids is 2. The third kappa shape index (κ3) is 3.70. The lowest BCUT2D eigenvalue weighted by atomic mass is 9.80. The fraction of sp³-hybridized carbons (Fsp3) is 0.600. The molecule has 5 heteroatoms. The Hall–Kier alpha value is -1.62. The molecule has 0 aliphatic carbocycles. The smallest absolute Gasteiger partial charge is 0.349 e. The van der Waals surface area contributed by atoms with E-state index in [1.165, 1.54) is 0 Å². The quantitative estimate of drug-likeness (QED) is 0.585. The average Bonchev–Trinajstić information content (AvgIpc) is 2.32. The summed E-state index contributed by atoms with van der Waals surface area (Å²) in [5.41, 5.74) is -0.904. The van der Waals surface area contributed by atoms with Gasteiger partial charge in [0.2, 0.25) is 0 Å². The summed E-state index contributed by atoms with van der Waals surface area (Å²) in [5.74, 6) is -0.925. The zero-order chi connectivity index (χ0) is 15.6. The first kappa shape index (κ1) is 16.4. The van der Waals surface area contributed by atoms with Crippen molar-refractivity contribution in [1.29, 1.82) is 0 Å². The molecule has 0 N–H and O–H groups in total. The molecule has 1 aliphatic rings. The van der Waals surface area contributed by atoms with Gasteiger partial charge >= 0.3 is 11.9 Å². The van der Waals surface area contributed by atoms with Gasteiger partial charge in [0.15, 0.2) is 0 Å². The van der Waals surface area contributed by atoms with Crippen LogP contribution in [0.2, 0.25) is 0 Å². The fourth-order valence-corrected chi connectivity index (χ4v) is 2.84. The van der Waals surface area contributed by atoms with Crippen LogP contribution in [-0.4, -0.2) is 34.2 Å². The van der Waals surface area contributed by atoms with Crippen LogP contribution in [0.25, 0.3) is 0 Å². The second-order valence-corrected chi connectivity index (χ2v) is 6.20. The van der Waals surface area contributed by atoms with Gasteiger partial charge in [0.25, 0.3) is 0 Å². The maximum atomic E-state index is 11.5. The minimum absolute atomic E-state index is 0.232. The van der Waals surface area contributed by atoms with Crippen LogP contribution in [0.15, 0.2) is 25.3 Å². The van der Waals surface area contributed by atoms with Gasteiger partial charge in [-0.05, 0) is 27.7 Å². The van der Waals surface area contributed by atoms with E-state index in [0.717, 1.165) is 12.2 Å². The van der Waals surface area contributed by atoms with Gasteiger partial charge in [-0.15, -0.1) is 5.06 Å². The third-order valence-corrected chi connectivity index (χ3v) is 3.35. The van der Waals surface area contributed by atoms with E-state index in [-0.39, 0.29) is 6.10 Å². The van der Waals surface area contributed by atoms with Crippen molar-refractivity contribution < 1.29 is 19.2 Å². The molecule has 0 bridgehead atoms. The first-order chi connectivity index (χ1) is 9.12. The van der Waals surface area contributed by atoms with Crippen LogP contribution in [0.5, 0.6) is 0 Å². The monoisotopic (exact) mass is 281 g/mol. The van der Waals surface area contributed by atoms with E-state index < -0.39 is 23.0 Å². The summed E-state index contributed by atoms with van der Waals surface area (Å²) < 4.78 is 5.35. The average molecular weight is 281 g/mol. The molecule has 5 nitrogen and oxygen atoms in total. The number of piperidine rings is 1. The lowest BCUT2D eigenvalue weighted by Gasteiger charge is -2.52. The molecule has 0 saturated carbocycles. The molecule has 1 rings (SSSR count). The molecule has 0 aromatic heterocycles. The maximum absolute atomic E-state index is 11.5. The molecule has 1 heterocycles. The summed E-state index contributed by atoms with van der Waals surface area (Å²) in [6.45, 7) is 14.6. The van der Waals surface area contributed by atoms with Gasteiger partial charge in [0, 0.05) is 25.0 Å². The number of carbonyl (C=O) groups is 2. The predicted molar refractivity (Wildman–Crippen MR) is 75.6 cm³/mol. The summed E-state index contributed by atoms with van der Waals surface area (Å²) in [5, 5.41) is 1.67. The molecule has 0 aromatic rings. The number of hydroxylamine groups is 2. The van der Waals surface area contributed by atoms with Gasteiger partial charge < -0.3 is 9.57 Å². The van der Waals surface area contributed by atoms with E-state index in [1.807, 2.05) is 27.7 Å². The summed E-state index contributed by atoms with van der Waals surface area (Å²) >= 11 is 0. The zero-order valence-corrected chi connectivity index (χ0v) is 12.6. The molecule has 0 amide bonds. The van der Waals surface area contributed by atoms with Crippen LogP contribution >= 0.6 is 0 Å². The SMILES string of the molecule is C=CC(=O)OC1CC(C)(C)N(OC(=O)C=C)C(C)(C)C1. The van der Waals surface area contributed by atoms with Crippen LogP contribution < -0.4 is 0 Å². The Morgan fingerprint density at radius 1 is 1.05 bits per heavy atom. The van der Waals surface area contributed by atoms with E-state index >= 15 is 0 Å². The van der Waals surface area contributed by atoms with Crippen LogP contribution in [0.3, 0.4) is 0 Å². The van der Waals surface area contributed by atoms with Crippen molar-refractivity contribution in [3.63, 3.8) is 0 Å². The van der Waals surface area contributed by atoms with Crippen molar-refractivity contribution in [2.24, 2.45) is 0 Å². The molecule has 0 aromatic carbocycles. The van der Waals surface area contributed by atoms with Gasteiger partial charge in [-0.2, -0.15) is 0 Å². The molecule has 20 heavy (non-hydrogen) atoms. The molecule has 0 unspecified atom stereocenters. The van der Waals surface area contributed by atoms with Crippen LogP contribution in [0.1, 0.15) is 40.5 Å². The molecule has 0 spiro atoms. The van der Waals surface area contributed by atoms with Crippen molar-refractivity contribution in [1.82, 2.24) is 5.06 Å². The number of hydrogen-bond acceptors (Lipinski definition) is 5. The largest absolute Gasteiger partial charge is 0.459 e. The molecular formula is C15H23NO4. The van der Waals surface area contributed by atoms with Crippen molar-refractivity contribution in [2.75, 3.05) is 0 Å². The highest BCUT2D eigenvalue weighted by Gasteiger charge is 2.49. The number of ether oxygens (including phenoxy) is 1. The Bertz CT molecular complexity index is 408. The lowest BCUT2D eigenvalue weighted by Crippen LogP contribution is -2.62. The van der Waals surface area contributed by atoms with Crippen molar-refractivity contribution in [3.05, 3.63) is 25.3 Å². The first-order valence-corrected chi connectivity index (χ1v) is 6.60. The number of hydrogen-bond donors (Lipinski definition) is 0. The summed E-state index contributed by atoms with van der Waals surface area (Å²) in [7, 11) is 0. The molecule has 112 valence electrons.